The Hall–Kier alpha value is -1.92. The fourth-order valence-corrected chi connectivity index (χ4v) is 2.26. The Morgan fingerprint density at radius 1 is 1.30 bits per heavy atom. The number of benzene rings is 1. The van der Waals surface area contributed by atoms with Crippen LogP contribution in [0, 0.1) is 5.92 Å². The summed E-state index contributed by atoms with van der Waals surface area (Å²) in [5.74, 6) is -0.948. The quantitative estimate of drug-likeness (QED) is 0.690. The fourth-order valence-electron chi connectivity index (χ4n) is 2.26. The van der Waals surface area contributed by atoms with Gasteiger partial charge in [0.1, 0.15) is 0 Å². The lowest BCUT2D eigenvalue weighted by molar-refractivity contribution is -0.125. The van der Waals surface area contributed by atoms with Crippen LogP contribution in [0.3, 0.4) is 0 Å². The molecule has 1 aromatic rings. The minimum absolute atomic E-state index is 0. The van der Waals surface area contributed by atoms with E-state index in [1.165, 1.54) is 0 Å². The van der Waals surface area contributed by atoms with Gasteiger partial charge < -0.3 is 11.1 Å². The number of carbonyl (C=O) groups excluding carboxylic acids is 3. The number of nitrogens with two attached hydrogens (primary N) is 1. The summed E-state index contributed by atoms with van der Waals surface area (Å²) in [6.07, 6.45) is 0.724. The summed E-state index contributed by atoms with van der Waals surface area (Å²) in [6, 6.07) is 7.03. The van der Waals surface area contributed by atoms with Gasteiger partial charge in [-0.15, -0.1) is 12.4 Å². The first kappa shape index (κ1) is 19.1. The van der Waals surface area contributed by atoms with Crippen molar-refractivity contribution >= 4 is 30.1 Å². The summed E-state index contributed by atoms with van der Waals surface area (Å²) >= 11 is 0. The minimum Gasteiger partial charge on any atom is -0.350 e. The molecule has 1 aromatic carbocycles. The molecule has 7 heteroatoms. The number of halogens is 1. The zero-order valence-corrected chi connectivity index (χ0v) is 14.0. The third kappa shape index (κ3) is 5.65. The van der Waals surface area contributed by atoms with E-state index in [1.807, 2.05) is 13.8 Å². The third-order valence-corrected chi connectivity index (χ3v) is 3.47. The summed E-state index contributed by atoms with van der Waals surface area (Å²) in [5, 5.41) is 5.07. The molecule has 1 heterocycles. The normalized spacial score (nSPS) is 17.4. The smallest absolute Gasteiger partial charge is 0.251 e. The molecule has 0 radical (unpaired) electrons. The molecule has 6 nitrogen and oxygen atoms in total. The molecule has 0 saturated carbocycles. The highest BCUT2D eigenvalue weighted by Gasteiger charge is 2.30. The van der Waals surface area contributed by atoms with E-state index >= 15 is 0 Å². The highest BCUT2D eigenvalue weighted by Crippen LogP contribution is 2.17. The van der Waals surface area contributed by atoms with Crippen molar-refractivity contribution < 1.29 is 14.4 Å². The molecule has 1 unspecified atom stereocenters. The van der Waals surface area contributed by atoms with Crippen LogP contribution in [0.1, 0.15) is 36.2 Å². The van der Waals surface area contributed by atoms with E-state index in [0.717, 1.165) is 5.56 Å². The molecule has 1 saturated heterocycles. The average Bonchev–Trinajstić information content (AvgIpc) is 2.74. The van der Waals surface area contributed by atoms with Gasteiger partial charge in [-0.25, -0.2) is 0 Å². The average molecular weight is 340 g/mol. The van der Waals surface area contributed by atoms with Crippen molar-refractivity contribution in [3.8, 4) is 0 Å². The maximum atomic E-state index is 12.0. The van der Waals surface area contributed by atoms with Crippen LogP contribution in [0.5, 0.6) is 0 Å². The maximum absolute atomic E-state index is 12.0. The Morgan fingerprint density at radius 2 is 1.91 bits per heavy atom. The third-order valence-electron chi connectivity index (χ3n) is 3.47. The van der Waals surface area contributed by atoms with Gasteiger partial charge >= 0.3 is 0 Å². The van der Waals surface area contributed by atoms with E-state index in [4.69, 9.17) is 5.73 Å². The number of nitrogens with one attached hydrogen (secondary N) is 2. The molecule has 1 atom stereocenters. The van der Waals surface area contributed by atoms with Crippen LogP contribution in [0.4, 0.5) is 0 Å². The van der Waals surface area contributed by atoms with Crippen LogP contribution in [0.2, 0.25) is 0 Å². The van der Waals surface area contributed by atoms with Crippen LogP contribution in [0.25, 0.3) is 0 Å². The number of carbonyl (C=O) groups is 3. The van der Waals surface area contributed by atoms with Crippen molar-refractivity contribution in [1.29, 1.82) is 0 Å². The standard InChI is InChI=1S/C16H21N3O3.ClH/c1-16(2,17)9-18-14(21)11-5-3-10(4-6-11)7-12-8-13(20)19-15(12)22;/h3-6,12H,7-9,17H2,1-2H3,(H,18,21)(H,19,20,22);1H. The van der Waals surface area contributed by atoms with Crippen molar-refractivity contribution in [2.24, 2.45) is 11.7 Å². The molecule has 1 aliphatic rings. The Kier molecular flexibility index (Phi) is 6.29. The van der Waals surface area contributed by atoms with E-state index in [2.05, 4.69) is 10.6 Å². The van der Waals surface area contributed by atoms with Gasteiger partial charge in [-0.3, -0.25) is 19.7 Å². The van der Waals surface area contributed by atoms with Crippen molar-refractivity contribution in [2.45, 2.75) is 32.2 Å². The molecule has 3 amide bonds. The van der Waals surface area contributed by atoms with E-state index in [0.29, 0.717) is 18.5 Å². The fraction of sp³-hybridized carbons (Fsp3) is 0.438. The first-order valence-electron chi connectivity index (χ1n) is 7.24. The van der Waals surface area contributed by atoms with E-state index in [-0.39, 0.29) is 42.5 Å². The molecule has 23 heavy (non-hydrogen) atoms. The zero-order valence-electron chi connectivity index (χ0n) is 13.2. The topological polar surface area (TPSA) is 101 Å². The van der Waals surface area contributed by atoms with Gasteiger partial charge in [0, 0.05) is 24.1 Å². The van der Waals surface area contributed by atoms with E-state index in [9.17, 15) is 14.4 Å². The van der Waals surface area contributed by atoms with Gasteiger partial charge in [0.2, 0.25) is 11.8 Å². The molecule has 0 spiro atoms. The molecule has 1 fully saturated rings. The van der Waals surface area contributed by atoms with Gasteiger partial charge in [-0.1, -0.05) is 12.1 Å². The second-order valence-electron chi connectivity index (χ2n) is 6.39. The number of hydrogen-bond acceptors (Lipinski definition) is 4. The summed E-state index contributed by atoms with van der Waals surface area (Å²) < 4.78 is 0. The first-order chi connectivity index (χ1) is 10.2. The van der Waals surface area contributed by atoms with Crippen LogP contribution in [0.15, 0.2) is 24.3 Å². The Balaban J connectivity index is 0.00000264. The van der Waals surface area contributed by atoms with Gasteiger partial charge in [0.15, 0.2) is 0 Å². The van der Waals surface area contributed by atoms with Crippen LogP contribution >= 0.6 is 12.4 Å². The lowest BCUT2D eigenvalue weighted by atomic mass is 9.97. The van der Waals surface area contributed by atoms with Gasteiger partial charge in [-0.05, 0) is 38.0 Å². The number of hydrogen-bond donors (Lipinski definition) is 3. The maximum Gasteiger partial charge on any atom is 0.251 e. The number of amides is 3. The molecular formula is C16H22ClN3O3. The minimum atomic E-state index is -0.460. The van der Waals surface area contributed by atoms with Crippen molar-refractivity contribution in [3.05, 3.63) is 35.4 Å². The Labute approximate surface area is 141 Å². The SMILES string of the molecule is CC(C)(N)CNC(=O)c1ccc(CC2CC(=O)NC2=O)cc1.Cl. The highest BCUT2D eigenvalue weighted by atomic mass is 35.5. The summed E-state index contributed by atoms with van der Waals surface area (Å²) in [7, 11) is 0. The lowest BCUT2D eigenvalue weighted by Crippen LogP contribution is -2.45. The zero-order chi connectivity index (χ0) is 16.3. The molecule has 1 aliphatic heterocycles. The molecule has 0 aromatic heterocycles. The Morgan fingerprint density at radius 3 is 2.39 bits per heavy atom. The predicted molar refractivity (Wildman–Crippen MR) is 89.3 cm³/mol. The molecule has 4 N–H and O–H groups in total. The van der Waals surface area contributed by atoms with Gasteiger partial charge in [-0.2, -0.15) is 0 Å². The highest BCUT2D eigenvalue weighted by molar-refractivity contribution is 6.03. The molecular weight excluding hydrogens is 318 g/mol. The number of rotatable bonds is 5. The van der Waals surface area contributed by atoms with Gasteiger partial charge in [0.25, 0.3) is 5.91 Å². The summed E-state index contributed by atoms with van der Waals surface area (Å²) in [4.78, 5) is 34.7. The second-order valence-corrected chi connectivity index (χ2v) is 6.39. The Bertz CT molecular complexity index is 594. The van der Waals surface area contributed by atoms with Crippen LogP contribution in [-0.4, -0.2) is 29.8 Å². The van der Waals surface area contributed by atoms with Crippen LogP contribution in [-0.2, 0) is 16.0 Å². The largest absolute Gasteiger partial charge is 0.350 e. The second kappa shape index (κ2) is 7.57. The molecule has 126 valence electrons. The van der Waals surface area contributed by atoms with Gasteiger partial charge in [0.05, 0.1) is 5.92 Å². The van der Waals surface area contributed by atoms with E-state index < -0.39 is 5.54 Å². The van der Waals surface area contributed by atoms with E-state index in [1.54, 1.807) is 24.3 Å². The lowest BCUT2D eigenvalue weighted by Gasteiger charge is -2.18. The molecule has 0 bridgehead atoms. The molecule has 2 rings (SSSR count). The van der Waals surface area contributed by atoms with Crippen molar-refractivity contribution in [1.82, 2.24) is 10.6 Å². The van der Waals surface area contributed by atoms with Crippen LogP contribution < -0.4 is 16.4 Å². The first-order valence-corrected chi connectivity index (χ1v) is 7.24. The van der Waals surface area contributed by atoms with Crippen molar-refractivity contribution in [3.63, 3.8) is 0 Å². The molecule has 0 aliphatic carbocycles. The number of imide groups is 1. The van der Waals surface area contributed by atoms with Crippen molar-refractivity contribution in [2.75, 3.05) is 6.54 Å². The summed E-state index contributed by atoms with van der Waals surface area (Å²) in [6.45, 7) is 4.06. The monoisotopic (exact) mass is 339 g/mol. The summed E-state index contributed by atoms with van der Waals surface area (Å²) in [5.41, 5.74) is 6.82. The predicted octanol–water partition coefficient (Wildman–Crippen LogP) is 0.781.